The molecule has 0 atom stereocenters. The quantitative estimate of drug-likeness (QED) is 0.824. The van der Waals surface area contributed by atoms with Crippen molar-refractivity contribution >= 4 is 11.6 Å². The number of para-hydroxylation sites is 1. The van der Waals surface area contributed by atoms with Crippen molar-refractivity contribution in [1.82, 2.24) is 4.90 Å². The first-order chi connectivity index (χ1) is 12.5. The number of halogens is 1. The highest BCUT2D eigenvalue weighted by molar-refractivity contribution is 5.81. The lowest BCUT2D eigenvalue weighted by Gasteiger charge is -2.31. The van der Waals surface area contributed by atoms with Crippen LogP contribution in [0.3, 0.4) is 0 Å². The number of fused-ring (bicyclic) bond motifs is 1. The van der Waals surface area contributed by atoms with Gasteiger partial charge in [0.1, 0.15) is 5.82 Å². The van der Waals surface area contributed by atoms with Gasteiger partial charge in [-0.3, -0.25) is 4.79 Å². The minimum atomic E-state index is -0.330. The Balaban J connectivity index is 1.72. The Kier molecular flexibility index (Phi) is 5.30. The van der Waals surface area contributed by atoms with E-state index in [1.165, 1.54) is 6.07 Å². The number of nitrogens with zero attached hydrogens (tertiary/aromatic N) is 2. The molecule has 2 aromatic carbocycles. The van der Waals surface area contributed by atoms with E-state index in [2.05, 4.69) is 0 Å². The lowest BCUT2D eigenvalue weighted by molar-refractivity contribution is -0.130. The highest BCUT2D eigenvalue weighted by Gasteiger charge is 2.24. The number of methoxy groups -OCH3 is 2. The fourth-order valence-corrected chi connectivity index (χ4v) is 3.25. The fourth-order valence-electron chi connectivity index (χ4n) is 3.25. The van der Waals surface area contributed by atoms with Crippen molar-refractivity contribution in [1.29, 1.82) is 0 Å². The molecule has 1 amide bonds. The van der Waals surface area contributed by atoms with Crippen LogP contribution in [0.5, 0.6) is 11.5 Å². The Morgan fingerprint density at radius 1 is 1.15 bits per heavy atom. The summed E-state index contributed by atoms with van der Waals surface area (Å²) in [4.78, 5) is 16.1. The maximum absolute atomic E-state index is 13.9. The average Bonchev–Trinajstić information content (AvgIpc) is 2.66. The normalized spacial score (nSPS) is 13.2. The summed E-state index contributed by atoms with van der Waals surface area (Å²) in [5.41, 5.74) is 2.63. The van der Waals surface area contributed by atoms with E-state index in [0.29, 0.717) is 30.3 Å². The number of likely N-dealkylation sites (N-methyl/N-ethyl adjacent to an activating group) is 1. The molecule has 26 heavy (non-hydrogen) atoms. The number of carbonyl (C=O) groups is 1. The minimum absolute atomic E-state index is 0.0313. The first kappa shape index (κ1) is 18.0. The molecule has 0 spiro atoms. The molecule has 5 nitrogen and oxygen atoms in total. The third-order valence-electron chi connectivity index (χ3n) is 4.71. The van der Waals surface area contributed by atoms with Crippen LogP contribution in [0.15, 0.2) is 36.4 Å². The second-order valence-corrected chi connectivity index (χ2v) is 6.35. The molecule has 0 bridgehead atoms. The molecule has 0 unspecified atom stereocenters. The zero-order valence-electron chi connectivity index (χ0n) is 15.3. The van der Waals surface area contributed by atoms with Gasteiger partial charge in [0.15, 0.2) is 11.5 Å². The molecule has 138 valence electrons. The maximum atomic E-state index is 13.9. The van der Waals surface area contributed by atoms with Crippen LogP contribution in [-0.4, -0.2) is 45.2 Å². The predicted octanol–water partition coefficient (Wildman–Crippen LogP) is 2.86. The second kappa shape index (κ2) is 7.64. The number of hydrogen-bond donors (Lipinski definition) is 0. The van der Waals surface area contributed by atoms with E-state index in [-0.39, 0.29) is 18.3 Å². The van der Waals surface area contributed by atoms with Crippen LogP contribution in [0.1, 0.15) is 11.1 Å². The van der Waals surface area contributed by atoms with Crippen LogP contribution in [-0.2, 0) is 17.8 Å². The summed E-state index contributed by atoms with van der Waals surface area (Å²) in [6, 6.07) is 10.4. The van der Waals surface area contributed by atoms with Crippen molar-refractivity contribution < 1.29 is 18.7 Å². The van der Waals surface area contributed by atoms with Gasteiger partial charge in [0.25, 0.3) is 0 Å². The Morgan fingerprint density at radius 3 is 2.46 bits per heavy atom. The molecule has 1 aliphatic heterocycles. The van der Waals surface area contributed by atoms with Gasteiger partial charge in [-0.1, -0.05) is 12.1 Å². The van der Waals surface area contributed by atoms with Gasteiger partial charge in [0.2, 0.25) is 5.91 Å². The van der Waals surface area contributed by atoms with E-state index in [4.69, 9.17) is 9.47 Å². The summed E-state index contributed by atoms with van der Waals surface area (Å²) in [5.74, 6) is 0.995. The van der Waals surface area contributed by atoms with Crippen molar-refractivity contribution in [2.24, 2.45) is 0 Å². The number of anilines is 1. The molecule has 2 aromatic rings. The topological polar surface area (TPSA) is 42.0 Å². The summed E-state index contributed by atoms with van der Waals surface area (Å²) in [5, 5.41) is 0. The molecule has 6 heteroatoms. The van der Waals surface area contributed by atoms with Crippen molar-refractivity contribution in [2.75, 3.05) is 39.3 Å². The van der Waals surface area contributed by atoms with Crippen molar-refractivity contribution in [2.45, 2.75) is 13.0 Å². The van der Waals surface area contributed by atoms with E-state index in [9.17, 15) is 9.18 Å². The first-order valence-electron chi connectivity index (χ1n) is 8.50. The van der Waals surface area contributed by atoms with Gasteiger partial charge >= 0.3 is 0 Å². The molecule has 3 rings (SSSR count). The highest BCUT2D eigenvalue weighted by atomic mass is 19.1. The van der Waals surface area contributed by atoms with E-state index in [1.807, 2.05) is 12.1 Å². The predicted molar refractivity (Wildman–Crippen MR) is 98.3 cm³/mol. The Hall–Kier alpha value is -2.76. The van der Waals surface area contributed by atoms with Gasteiger partial charge < -0.3 is 19.3 Å². The number of amides is 1. The second-order valence-electron chi connectivity index (χ2n) is 6.35. The molecule has 0 fully saturated rings. The number of carbonyl (C=O) groups excluding carboxylic acids is 1. The summed E-state index contributed by atoms with van der Waals surface area (Å²) in [6.45, 7) is 1.27. The van der Waals surface area contributed by atoms with Crippen molar-refractivity contribution in [3.8, 4) is 11.5 Å². The molecule has 0 radical (unpaired) electrons. The number of benzene rings is 2. The third-order valence-corrected chi connectivity index (χ3v) is 4.71. The molecular formula is C20H23FN2O3. The van der Waals surface area contributed by atoms with Crippen LogP contribution < -0.4 is 14.4 Å². The molecular weight excluding hydrogens is 335 g/mol. The Bertz CT molecular complexity index is 810. The Labute approximate surface area is 152 Å². The summed E-state index contributed by atoms with van der Waals surface area (Å²) < 4.78 is 24.6. The van der Waals surface area contributed by atoms with Gasteiger partial charge in [0.05, 0.1) is 26.5 Å². The number of ether oxygens (including phenoxy) is 2. The maximum Gasteiger partial charge on any atom is 0.242 e. The summed E-state index contributed by atoms with van der Waals surface area (Å²) in [7, 11) is 4.93. The third kappa shape index (κ3) is 3.59. The first-order valence-corrected chi connectivity index (χ1v) is 8.50. The minimum Gasteiger partial charge on any atom is -0.493 e. The van der Waals surface area contributed by atoms with E-state index in [0.717, 1.165) is 17.5 Å². The summed E-state index contributed by atoms with van der Waals surface area (Å²) in [6.07, 6.45) is 0.755. The standard InChI is InChI=1S/C20H23FN2O3/c1-22(17-7-5-4-6-16(17)21)13-20(24)23-9-8-14-10-18(25-2)19(26-3)11-15(14)12-23/h4-7,10-11H,8-9,12-13H2,1-3H3. The van der Waals surface area contributed by atoms with Gasteiger partial charge in [0, 0.05) is 20.1 Å². The molecule has 0 saturated carbocycles. The number of hydrogen-bond acceptors (Lipinski definition) is 4. The smallest absolute Gasteiger partial charge is 0.242 e. The average molecular weight is 358 g/mol. The fraction of sp³-hybridized carbons (Fsp3) is 0.350. The molecule has 0 aromatic heterocycles. The van der Waals surface area contributed by atoms with Gasteiger partial charge in [-0.05, 0) is 41.8 Å². The lowest BCUT2D eigenvalue weighted by Crippen LogP contribution is -2.42. The van der Waals surface area contributed by atoms with Gasteiger partial charge in [-0.2, -0.15) is 0 Å². The van der Waals surface area contributed by atoms with Crippen LogP contribution in [0.2, 0.25) is 0 Å². The molecule has 0 aliphatic carbocycles. The molecule has 0 N–H and O–H groups in total. The molecule has 0 saturated heterocycles. The van der Waals surface area contributed by atoms with Crippen LogP contribution >= 0.6 is 0 Å². The van der Waals surface area contributed by atoms with Crippen LogP contribution in [0.25, 0.3) is 0 Å². The lowest BCUT2D eigenvalue weighted by atomic mass is 9.98. The van der Waals surface area contributed by atoms with E-state index < -0.39 is 0 Å². The van der Waals surface area contributed by atoms with Crippen LogP contribution in [0, 0.1) is 5.82 Å². The van der Waals surface area contributed by atoms with Gasteiger partial charge in [-0.25, -0.2) is 4.39 Å². The SMILES string of the molecule is COc1cc2c(cc1OC)CN(C(=O)CN(C)c1ccccc1F)CC2. The summed E-state index contributed by atoms with van der Waals surface area (Å²) >= 11 is 0. The van der Waals surface area contributed by atoms with E-state index >= 15 is 0 Å². The molecule has 1 aliphatic rings. The highest BCUT2D eigenvalue weighted by Crippen LogP contribution is 2.33. The van der Waals surface area contributed by atoms with Crippen molar-refractivity contribution in [3.63, 3.8) is 0 Å². The number of rotatable bonds is 5. The van der Waals surface area contributed by atoms with Gasteiger partial charge in [-0.15, -0.1) is 0 Å². The van der Waals surface area contributed by atoms with Crippen LogP contribution in [0.4, 0.5) is 10.1 Å². The Morgan fingerprint density at radius 2 is 1.81 bits per heavy atom. The largest absolute Gasteiger partial charge is 0.493 e. The van der Waals surface area contributed by atoms with Crippen molar-refractivity contribution in [3.05, 3.63) is 53.3 Å². The molecule has 1 heterocycles. The zero-order valence-corrected chi connectivity index (χ0v) is 15.3. The van der Waals surface area contributed by atoms with E-state index in [1.54, 1.807) is 49.3 Å². The monoisotopic (exact) mass is 358 g/mol. The zero-order chi connectivity index (χ0) is 18.7.